The van der Waals surface area contributed by atoms with Crippen molar-refractivity contribution in [2.45, 2.75) is 50.1 Å². The van der Waals surface area contributed by atoms with Crippen molar-refractivity contribution >= 4 is 21.4 Å². The highest BCUT2D eigenvalue weighted by atomic mass is 32.2. The van der Waals surface area contributed by atoms with Gasteiger partial charge in [-0.1, -0.05) is 13.8 Å². The SMILES string of the molecule is CCOC1CC(NS(=O)(=O)c2cc(CNC)cs2)C1(C)C. The van der Waals surface area contributed by atoms with E-state index in [1.54, 1.807) is 6.07 Å². The second-order valence-corrected chi connectivity index (χ2v) is 8.83. The first-order chi connectivity index (χ1) is 9.81. The molecule has 1 aromatic rings. The predicted molar refractivity (Wildman–Crippen MR) is 85.0 cm³/mol. The third kappa shape index (κ3) is 3.48. The van der Waals surface area contributed by atoms with Crippen LogP contribution in [0.25, 0.3) is 0 Å². The molecular weight excluding hydrogens is 308 g/mol. The van der Waals surface area contributed by atoms with Gasteiger partial charge in [-0.2, -0.15) is 0 Å². The number of ether oxygens (including phenoxy) is 1. The van der Waals surface area contributed by atoms with Crippen molar-refractivity contribution in [3.63, 3.8) is 0 Å². The Morgan fingerprint density at radius 2 is 2.19 bits per heavy atom. The molecule has 0 spiro atoms. The lowest BCUT2D eigenvalue weighted by atomic mass is 9.65. The molecular formula is C14H24N2O3S2. The van der Waals surface area contributed by atoms with Crippen molar-refractivity contribution in [3.8, 4) is 0 Å². The van der Waals surface area contributed by atoms with Crippen LogP contribution in [0.15, 0.2) is 15.7 Å². The molecule has 1 saturated carbocycles. The van der Waals surface area contributed by atoms with Crippen LogP contribution in [0.1, 0.15) is 32.8 Å². The zero-order valence-electron chi connectivity index (χ0n) is 13.0. The third-order valence-corrected chi connectivity index (χ3v) is 7.08. The van der Waals surface area contributed by atoms with Crippen molar-refractivity contribution in [2.24, 2.45) is 5.41 Å². The highest BCUT2D eigenvalue weighted by Gasteiger charge is 2.50. The van der Waals surface area contributed by atoms with Crippen LogP contribution in [0, 0.1) is 5.41 Å². The minimum atomic E-state index is -3.44. The van der Waals surface area contributed by atoms with E-state index in [9.17, 15) is 8.42 Å². The fourth-order valence-corrected chi connectivity index (χ4v) is 5.24. The Labute approximate surface area is 131 Å². The van der Waals surface area contributed by atoms with Gasteiger partial charge in [0.05, 0.1) is 6.10 Å². The molecule has 2 N–H and O–H groups in total. The van der Waals surface area contributed by atoms with Crippen molar-refractivity contribution in [2.75, 3.05) is 13.7 Å². The van der Waals surface area contributed by atoms with Gasteiger partial charge < -0.3 is 10.1 Å². The molecule has 5 nitrogen and oxygen atoms in total. The van der Waals surface area contributed by atoms with Gasteiger partial charge in [-0.3, -0.25) is 0 Å². The van der Waals surface area contributed by atoms with E-state index in [2.05, 4.69) is 10.0 Å². The molecule has 1 fully saturated rings. The van der Waals surface area contributed by atoms with Crippen LogP contribution < -0.4 is 10.0 Å². The van der Waals surface area contributed by atoms with Gasteiger partial charge in [0, 0.05) is 24.6 Å². The maximum absolute atomic E-state index is 12.4. The number of hydrogen-bond acceptors (Lipinski definition) is 5. The minimum absolute atomic E-state index is 0.0751. The molecule has 0 bridgehead atoms. The average molecular weight is 332 g/mol. The van der Waals surface area contributed by atoms with Gasteiger partial charge in [0.2, 0.25) is 10.0 Å². The molecule has 1 aliphatic carbocycles. The van der Waals surface area contributed by atoms with Crippen LogP contribution in [0.3, 0.4) is 0 Å². The largest absolute Gasteiger partial charge is 0.378 e. The van der Waals surface area contributed by atoms with Gasteiger partial charge in [0.1, 0.15) is 4.21 Å². The summed E-state index contributed by atoms with van der Waals surface area (Å²) in [6.45, 7) is 7.39. The fraction of sp³-hybridized carbons (Fsp3) is 0.714. The molecule has 2 unspecified atom stereocenters. The second kappa shape index (κ2) is 6.34. The average Bonchev–Trinajstić information content (AvgIpc) is 2.87. The number of sulfonamides is 1. The molecule has 0 saturated heterocycles. The maximum atomic E-state index is 12.4. The van der Waals surface area contributed by atoms with E-state index in [1.807, 2.05) is 33.2 Å². The van der Waals surface area contributed by atoms with Crippen LogP contribution in [0.5, 0.6) is 0 Å². The van der Waals surface area contributed by atoms with E-state index in [4.69, 9.17) is 4.74 Å². The first-order valence-corrected chi connectivity index (χ1v) is 9.53. The molecule has 1 aromatic heterocycles. The maximum Gasteiger partial charge on any atom is 0.250 e. The standard InChI is InChI=1S/C14H24N2O3S2/c1-5-19-12-7-11(14(12,2)3)16-21(17,18)13-6-10(8-15-4)9-20-13/h6,9,11-12,15-16H,5,7-8H2,1-4H3. The van der Waals surface area contributed by atoms with Crippen molar-refractivity contribution in [1.82, 2.24) is 10.0 Å². The molecule has 0 amide bonds. The lowest BCUT2D eigenvalue weighted by molar-refractivity contribution is -0.108. The van der Waals surface area contributed by atoms with Crippen molar-refractivity contribution in [3.05, 3.63) is 17.0 Å². The predicted octanol–water partition coefficient (Wildman–Crippen LogP) is 1.95. The molecule has 0 aromatic carbocycles. The zero-order chi connectivity index (χ0) is 15.7. The van der Waals surface area contributed by atoms with Gasteiger partial charge in [-0.15, -0.1) is 11.3 Å². The number of hydrogen-bond donors (Lipinski definition) is 2. The van der Waals surface area contributed by atoms with Crippen LogP contribution in [-0.4, -0.2) is 34.2 Å². The van der Waals surface area contributed by atoms with Crippen LogP contribution in [-0.2, 0) is 21.3 Å². The summed E-state index contributed by atoms with van der Waals surface area (Å²) in [7, 11) is -1.60. The topological polar surface area (TPSA) is 67.4 Å². The molecule has 0 radical (unpaired) electrons. The quantitative estimate of drug-likeness (QED) is 0.801. The summed E-state index contributed by atoms with van der Waals surface area (Å²) in [5.74, 6) is 0. The number of rotatable bonds is 7. The van der Waals surface area contributed by atoms with Gasteiger partial charge in [-0.25, -0.2) is 13.1 Å². The molecule has 2 atom stereocenters. The molecule has 21 heavy (non-hydrogen) atoms. The summed E-state index contributed by atoms with van der Waals surface area (Å²) in [5.41, 5.74) is 0.816. The molecule has 1 aliphatic rings. The Morgan fingerprint density at radius 1 is 1.48 bits per heavy atom. The highest BCUT2D eigenvalue weighted by Crippen LogP contribution is 2.43. The second-order valence-electron chi connectivity index (χ2n) is 5.98. The van der Waals surface area contributed by atoms with E-state index in [0.29, 0.717) is 17.4 Å². The highest BCUT2D eigenvalue weighted by molar-refractivity contribution is 7.91. The summed E-state index contributed by atoms with van der Waals surface area (Å²) in [4.78, 5) is 0. The molecule has 120 valence electrons. The number of nitrogens with one attached hydrogen (secondary N) is 2. The first kappa shape index (κ1) is 16.9. The summed E-state index contributed by atoms with van der Waals surface area (Å²) < 4.78 is 33.7. The van der Waals surface area contributed by atoms with E-state index >= 15 is 0 Å². The molecule has 0 aliphatic heterocycles. The Hall–Kier alpha value is -0.470. The Bertz CT molecular complexity index is 581. The van der Waals surface area contributed by atoms with Gasteiger partial charge in [-0.05, 0) is 37.4 Å². The van der Waals surface area contributed by atoms with Gasteiger partial charge in [0.25, 0.3) is 0 Å². The van der Waals surface area contributed by atoms with Crippen molar-refractivity contribution < 1.29 is 13.2 Å². The first-order valence-electron chi connectivity index (χ1n) is 7.17. The van der Waals surface area contributed by atoms with E-state index in [-0.39, 0.29) is 17.6 Å². The van der Waals surface area contributed by atoms with Crippen LogP contribution in [0.4, 0.5) is 0 Å². The van der Waals surface area contributed by atoms with E-state index in [1.165, 1.54) is 11.3 Å². The number of thiophene rings is 1. The smallest absolute Gasteiger partial charge is 0.250 e. The van der Waals surface area contributed by atoms with E-state index < -0.39 is 10.0 Å². The lowest BCUT2D eigenvalue weighted by Crippen LogP contribution is -2.61. The summed E-state index contributed by atoms with van der Waals surface area (Å²) in [6, 6.07) is 1.66. The zero-order valence-corrected chi connectivity index (χ0v) is 14.6. The minimum Gasteiger partial charge on any atom is -0.378 e. The lowest BCUT2D eigenvalue weighted by Gasteiger charge is -2.51. The van der Waals surface area contributed by atoms with Crippen molar-refractivity contribution in [1.29, 1.82) is 0 Å². The van der Waals surface area contributed by atoms with E-state index in [0.717, 1.165) is 12.0 Å². The van der Waals surface area contributed by atoms with Crippen LogP contribution in [0.2, 0.25) is 0 Å². The monoisotopic (exact) mass is 332 g/mol. The van der Waals surface area contributed by atoms with Gasteiger partial charge >= 0.3 is 0 Å². The molecule has 2 rings (SSSR count). The molecule has 7 heteroatoms. The Balaban J connectivity index is 2.05. The molecule has 1 heterocycles. The Kier molecular flexibility index (Phi) is 5.10. The Morgan fingerprint density at radius 3 is 2.76 bits per heavy atom. The van der Waals surface area contributed by atoms with Crippen LogP contribution >= 0.6 is 11.3 Å². The summed E-state index contributed by atoms with van der Waals surface area (Å²) >= 11 is 1.26. The summed E-state index contributed by atoms with van der Waals surface area (Å²) in [5, 5.41) is 4.89. The fourth-order valence-electron chi connectivity index (χ4n) is 2.61. The summed E-state index contributed by atoms with van der Waals surface area (Å²) in [6.07, 6.45) is 0.854. The third-order valence-electron chi connectivity index (χ3n) is 4.12. The van der Waals surface area contributed by atoms with Gasteiger partial charge in [0.15, 0.2) is 0 Å². The normalized spacial score (nSPS) is 24.8.